The Balaban J connectivity index is 1.47. The third-order valence-electron chi connectivity index (χ3n) is 5.83. The first-order valence-corrected chi connectivity index (χ1v) is 11.7. The smallest absolute Gasteiger partial charge is 0.322 e. The van der Waals surface area contributed by atoms with Crippen molar-refractivity contribution in [2.24, 2.45) is 0 Å². The monoisotopic (exact) mass is 504 g/mol. The normalized spacial score (nSPS) is 20.1. The minimum atomic E-state index is -0.862. The summed E-state index contributed by atoms with van der Waals surface area (Å²) in [5, 5.41) is 5.86. The zero-order valence-corrected chi connectivity index (χ0v) is 19.9. The Kier molecular flexibility index (Phi) is 7.84. The second-order valence-corrected chi connectivity index (χ2v) is 8.61. The number of nitrogens with zero attached hydrogens (tertiary/aromatic N) is 2. The van der Waals surface area contributed by atoms with Gasteiger partial charge in [-0.15, -0.1) is 0 Å². The number of anilines is 3. The molecule has 2 saturated heterocycles. The van der Waals surface area contributed by atoms with Crippen LogP contribution in [0.4, 0.5) is 26.2 Å². The molecule has 11 heteroatoms. The van der Waals surface area contributed by atoms with Crippen LogP contribution in [-0.4, -0.2) is 67.8 Å². The highest BCUT2D eigenvalue weighted by molar-refractivity contribution is 6.30. The number of rotatable bonds is 6. The molecule has 4 amide bonds. The Morgan fingerprint density at radius 2 is 1.97 bits per heavy atom. The average Bonchev–Trinajstić information content (AvgIpc) is 3.27. The summed E-state index contributed by atoms with van der Waals surface area (Å²) in [6.07, 6.45) is -0.0540. The Morgan fingerprint density at radius 1 is 1.20 bits per heavy atom. The van der Waals surface area contributed by atoms with E-state index in [9.17, 15) is 18.8 Å². The van der Waals surface area contributed by atoms with Crippen LogP contribution in [0.25, 0.3) is 0 Å². The lowest BCUT2D eigenvalue weighted by Gasteiger charge is -2.27. The van der Waals surface area contributed by atoms with Crippen LogP contribution in [0.1, 0.15) is 13.3 Å². The van der Waals surface area contributed by atoms with Crippen molar-refractivity contribution < 1.29 is 28.2 Å². The molecular weight excluding hydrogens is 479 g/mol. The molecule has 0 bridgehead atoms. The van der Waals surface area contributed by atoms with Crippen LogP contribution in [0.2, 0.25) is 5.02 Å². The molecule has 2 heterocycles. The van der Waals surface area contributed by atoms with Crippen LogP contribution in [0.3, 0.4) is 0 Å². The van der Waals surface area contributed by atoms with E-state index in [0.717, 1.165) is 0 Å². The number of benzene rings is 2. The van der Waals surface area contributed by atoms with Gasteiger partial charge in [0.05, 0.1) is 18.4 Å². The van der Waals surface area contributed by atoms with Gasteiger partial charge in [-0.3, -0.25) is 9.59 Å². The van der Waals surface area contributed by atoms with E-state index in [2.05, 4.69) is 10.6 Å². The van der Waals surface area contributed by atoms with E-state index >= 15 is 0 Å². The molecule has 2 aliphatic rings. The van der Waals surface area contributed by atoms with Gasteiger partial charge in [0, 0.05) is 42.5 Å². The molecule has 2 aliphatic heterocycles. The molecule has 2 aromatic carbocycles. The number of likely N-dealkylation sites (tertiary alicyclic amines) is 1. The molecular formula is C24H26ClFN4O5. The van der Waals surface area contributed by atoms with Gasteiger partial charge in [0.2, 0.25) is 5.91 Å². The molecule has 2 aromatic rings. The summed E-state index contributed by atoms with van der Waals surface area (Å²) in [4.78, 5) is 40.9. The number of carbonyl (C=O) groups excluding carboxylic acids is 3. The van der Waals surface area contributed by atoms with Crippen molar-refractivity contribution >= 4 is 46.5 Å². The van der Waals surface area contributed by atoms with E-state index in [4.69, 9.17) is 21.1 Å². The van der Waals surface area contributed by atoms with Gasteiger partial charge in [-0.2, -0.15) is 0 Å². The van der Waals surface area contributed by atoms with Crippen molar-refractivity contribution in [2.45, 2.75) is 25.5 Å². The summed E-state index contributed by atoms with van der Waals surface area (Å²) in [5.41, 5.74) is 0.866. The van der Waals surface area contributed by atoms with Crippen molar-refractivity contribution in [3.8, 4) is 0 Å². The molecule has 0 saturated carbocycles. The second kappa shape index (κ2) is 11.0. The molecule has 0 spiro atoms. The lowest BCUT2D eigenvalue weighted by atomic mass is 10.1. The minimum absolute atomic E-state index is 0.0441. The van der Waals surface area contributed by atoms with Crippen LogP contribution < -0.4 is 15.5 Å². The summed E-state index contributed by atoms with van der Waals surface area (Å²) >= 11 is 5.90. The van der Waals surface area contributed by atoms with Gasteiger partial charge in [0.25, 0.3) is 5.91 Å². The van der Waals surface area contributed by atoms with E-state index in [0.29, 0.717) is 36.2 Å². The summed E-state index contributed by atoms with van der Waals surface area (Å²) in [6, 6.07) is 9.42. The predicted octanol–water partition coefficient (Wildman–Crippen LogP) is 3.49. The highest BCUT2D eigenvalue weighted by Crippen LogP contribution is 2.27. The van der Waals surface area contributed by atoms with Gasteiger partial charge in [0.1, 0.15) is 18.5 Å². The summed E-state index contributed by atoms with van der Waals surface area (Å²) in [7, 11) is 0. The first kappa shape index (κ1) is 24.9. The van der Waals surface area contributed by atoms with Crippen molar-refractivity contribution in [2.75, 3.05) is 48.4 Å². The second-order valence-electron chi connectivity index (χ2n) is 8.17. The number of amides is 4. The molecule has 2 N–H and O–H groups in total. The van der Waals surface area contributed by atoms with E-state index in [1.165, 1.54) is 21.9 Å². The Hall–Kier alpha value is -3.21. The third kappa shape index (κ3) is 5.90. The number of halogens is 2. The van der Waals surface area contributed by atoms with Gasteiger partial charge < -0.3 is 29.9 Å². The first-order chi connectivity index (χ1) is 16.9. The van der Waals surface area contributed by atoms with Crippen LogP contribution in [0, 0.1) is 5.82 Å². The Bertz CT molecular complexity index is 1100. The number of morpholine rings is 1. The minimum Gasteiger partial charge on any atom is -0.377 e. The van der Waals surface area contributed by atoms with Crippen molar-refractivity contribution in [1.82, 2.24) is 4.90 Å². The SMILES string of the molecule is CCO[C@@H]1C[C@H](C(=O)Nc2ccc(N3CCOCC3=O)cc2F)N(C(=O)Nc2ccc(Cl)cc2)C1. The van der Waals surface area contributed by atoms with E-state index in [1.54, 1.807) is 30.3 Å². The summed E-state index contributed by atoms with van der Waals surface area (Å²) in [5.74, 6) is -1.48. The number of carbonyl (C=O) groups is 3. The highest BCUT2D eigenvalue weighted by atomic mass is 35.5. The van der Waals surface area contributed by atoms with Crippen molar-refractivity contribution in [1.29, 1.82) is 0 Å². The lowest BCUT2D eigenvalue weighted by Crippen LogP contribution is -2.45. The molecule has 0 aliphatic carbocycles. The van der Waals surface area contributed by atoms with Gasteiger partial charge in [0.15, 0.2) is 0 Å². The van der Waals surface area contributed by atoms with Crippen molar-refractivity contribution in [3.05, 3.63) is 53.3 Å². The lowest BCUT2D eigenvalue weighted by molar-refractivity contribution is -0.125. The largest absolute Gasteiger partial charge is 0.377 e. The standard InChI is InChI=1S/C24H26ClFN4O5/c1-2-35-18-12-21(30(13-18)24(33)27-16-5-3-15(25)4-6-16)23(32)28-20-8-7-17(11-19(20)26)29-9-10-34-14-22(29)31/h3-8,11,18,21H,2,9-10,12-14H2,1H3,(H,27,33)(H,28,32)/t18-,21-/m1/s1. The quantitative estimate of drug-likeness (QED) is 0.627. The van der Waals surface area contributed by atoms with Crippen LogP contribution in [0.5, 0.6) is 0 Å². The maximum absolute atomic E-state index is 14.8. The topological polar surface area (TPSA) is 100 Å². The van der Waals surface area contributed by atoms with E-state index in [-0.39, 0.29) is 37.3 Å². The van der Waals surface area contributed by atoms with Crippen LogP contribution >= 0.6 is 11.6 Å². The number of hydrogen-bond acceptors (Lipinski definition) is 5. The Labute approximate surface area is 207 Å². The van der Waals surface area contributed by atoms with E-state index < -0.39 is 23.8 Å². The van der Waals surface area contributed by atoms with Gasteiger partial charge in [-0.05, 0) is 49.4 Å². The van der Waals surface area contributed by atoms with E-state index in [1.807, 2.05) is 6.92 Å². The molecule has 9 nitrogen and oxygen atoms in total. The molecule has 0 aromatic heterocycles. The maximum Gasteiger partial charge on any atom is 0.322 e. The van der Waals surface area contributed by atoms with Gasteiger partial charge in [-0.25, -0.2) is 9.18 Å². The third-order valence-corrected chi connectivity index (χ3v) is 6.08. The fourth-order valence-corrected chi connectivity index (χ4v) is 4.26. The fourth-order valence-electron chi connectivity index (χ4n) is 4.14. The molecule has 0 radical (unpaired) electrons. The predicted molar refractivity (Wildman–Crippen MR) is 129 cm³/mol. The zero-order valence-electron chi connectivity index (χ0n) is 19.1. The molecule has 0 unspecified atom stereocenters. The molecule has 35 heavy (non-hydrogen) atoms. The van der Waals surface area contributed by atoms with Crippen LogP contribution in [-0.2, 0) is 19.1 Å². The Morgan fingerprint density at radius 3 is 2.66 bits per heavy atom. The number of hydrogen-bond donors (Lipinski definition) is 2. The van der Waals surface area contributed by atoms with Gasteiger partial charge >= 0.3 is 6.03 Å². The zero-order chi connectivity index (χ0) is 24.9. The average molecular weight is 505 g/mol. The number of ether oxygens (including phenoxy) is 2. The highest BCUT2D eigenvalue weighted by Gasteiger charge is 2.40. The number of nitrogens with one attached hydrogen (secondary N) is 2. The molecule has 2 fully saturated rings. The number of urea groups is 1. The summed E-state index contributed by atoms with van der Waals surface area (Å²) < 4.78 is 25.6. The molecule has 2 atom stereocenters. The molecule has 186 valence electrons. The maximum atomic E-state index is 14.8. The fraction of sp³-hybridized carbons (Fsp3) is 0.375. The first-order valence-electron chi connectivity index (χ1n) is 11.3. The van der Waals surface area contributed by atoms with Crippen LogP contribution in [0.15, 0.2) is 42.5 Å². The van der Waals surface area contributed by atoms with Gasteiger partial charge in [-0.1, -0.05) is 11.6 Å². The molecule has 4 rings (SSSR count). The summed E-state index contributed by atoms with van der Waals surface area (Å²) in [6.45, 7) is 3.11. The van der Waals surface area contributed by atoms with Crippen molar-refractivity contribution in [3.63, 3.8) is 0 Å².